The van der Waals surface area contributed by atoms with E-state index in [0.717, 1.165) is 0 Å². The van der Waals surface area contributed by atoms with Gasteiger partial charge in [-0.05, 0) is 25.1 Å². The van der Waals surface area contributed by atoms with Gasteiger partial charge in [0.25, 0.3) is 0 Å². The molecule has 0 radical (unpaired) electrons. The van der Waals surface area contributed by atoms with E-state index in [4.69, 9.17) is 4.74 Å². The summed E-state index contributed by atoms with van der Waals surface area (Å²) in [4.78, 5) is 36.0. The first-order valence-corrected chi connectivity index (χ1v) is 6.86. The molecule has 1 aromatic carbocycles. The fourth-order valence-corrected chi connectivity index (χ4v) is 1.84. The third-order valence-corrected chi connectivity index (χ3v) is 2.84. The zero-order valence-electron chi connectivity index (χ0n) is 12.9. The fraction of sp³-hybridized carbons (Fsp3) is 0.400. The number of carbonyl (C=O) groups excluding carboxylic acids is 3. The van der Waals surface area contributed by atoms with E-state index in [9.17, 15) is 14.4 Å². The molecule has 0 spiro atoms. The normalized spacial score (nSPS) is 9.77. The van der Waals surface area contributed by atoms with Gasteiger partial charge in [-0.2, -0.15) is 0 Å². The standard InChI is InChI=1S/C15H20N2O5/c1-4-22-15(20)16-8-9-17(11(2)18)13-7-5-6-12(10-13)14(19)21-3/h5-7,10H,4,8-9H2,1-3H3,(H,16,20). The molecule has 0 bridgehead atoms. The predicted molar refractivity (Wildman–Crippen MR) is 80.8 cm³/mol. The van der Waals surface area contributed by atoms with Crippen molar-refractivity contribution >= 4 is 23.7 Å². The summed E-state index contributed by atoms with van der Waals surface area (Å²) in [6.07, 6.45) is -0.533. The van der Waals surface area contributed by atoms with E-state index in [0.29, 0.717) is 11.3 Å². The number of carbonyl (C=O) groups is 3. The first-order valence-electron chi connectivity index (χ1n) is 6.86. The molecule has 0 saturated carbocycles. The molecule has 0 saturated heterocycles. The summed E-state index contributed by atoms with van der Waals surface area (Å²) in [5.74, 6) is -0.678. The van der Waals surface area contributed by atoms with Gasteiger partial charge in [0, 0.05) is 25.7 Å². The summed E-state index contributed by atoms with van der Waals surface area (Å²) in [6.45, 7) is 3.90. The number of benzene rings is 1. The highest BCUT2D eigenvalue weighted by atomic mass is 16.5. The Kier molecular flexibility index (Phi) is 6.88. The summed E-state index contributed by atoms with van der Waals surface area (Å²) in [7, 11) is 1.29. The van der Waals surface area contributed by atoms with Crippen LogP contribution in [0, 0.1) is 0 Å². The number of nitrogens with zero attached hydrogens (tertiary/aromatic N) is 1. The molecule has 0 aromatic heterocycles. The molecule has 0 atom stereocenters. The number of alkyl carbamates (subject to hydrolysis) is 1. The van der Waals surface area contributed by atoms with E-state index in [-0.39, 0.29) is 25.6 Å². The van der Waals surface area contributed by atoms with Crippen LogP contribution in [-0.2, 0) is 14.3 Å². The smallest absolute Gasteiger partial charge is 0.407 e. The van der Waals surface area contributed by atoms with Crippen molar-refractivity contribution in [3.63, 3.8) is 0 Å². The molecule has 22 heavy (non-hydrogen) atoms. The SMILES string of the molecule is CCOC(=O)NCCN(C(C)=O)c1cccc(C(=O)OC)c1. The summed E-state index contributed by atoms with van der Waals surface area (Å²) in [6, 6.07) is 6.54. The average molecular weight is 308 g/mol. The lowest BCUT2D eigenvalue weighted by molar-refractivity contribution is -0.116. The third-order valence-electron chi connectivity index (χ3n) is 2.84. The maximum Gasteiger partial charge on any atom is 0.407 e. The number of methoxy groups -OCH3 is 1. The quantitative estimate of drug-likeness (QED) is 0.806. The van der Waals surface area contributed by atoms with Crippen LogP contribution in [0.2, 0.25) is 0 Å². The molecular formula is C15H20N2O5. The van der Waals surface area contributed by atoms with Crippen molar-refractivity contribution in [1.29, 1.82) is 0 Å². The molecule has 120 valence electrons. The second-order valence-electron chi connectivity index (χ2n) is 4.36. The highest BCUT2D eigenvalue weighted by Crippen LogP contribution is 2.17. The van der Waals surface area contributed by atoms with Gasteiger partial charge < -0.3 is 19.7 Å². The Balaban J connectivity index is 2.77. The second-order valence-corrected chi connectivity index (χ2v) is 4.36. The van der Waals surface area contributed by atoms with Crippen LogP contribution in [0.3, 0.4) is 0 Å². The van der Waals surface area contributed by atoms with Crippen LogP contribution in [0.15, 0.2) is 24.3 Å². The van der Waals surface area contributed by atoms with Crippen molar-refractivity contribution in [1.82, 2.24) is 5.32 Å². The van der Waals surface area contributed by atoms with Gasteiger partial charge in [-0.15, -0.1) is 0 Å². The van der Waals surface area contributed by atoms with Gasteiger partial charge in [-0.1, -0.05) is 6.07 Å². The Morgan fingerprint density at radius 3 is 2.59 bits per heavy atom. The number of esters is 1. The largest absolute Gasteiger partial charge is 0.465 e. The molecule has 0 unspecified atom stereocenters. The van der Waals surface area contributed by atoms with Gasteiger partial charge in [0.05, 0.1) is 19.3 Å². The molecule has 0 aliphatic rings. The van der Waals surface area contributed by atoms with E-state index in [1.54, 1.807) is 31.2 Å². The van der Waals surface area contributed by atoms with Gasteiger partial charge >= 0.3 is 12.1 Å². The number of hydrogen-bond acceptors (Lipinski definition) is 5. The summed E-state index contributed by atoms with van der Waals surface area (Å²) >= 11 is 0. The number of anilines is 1. The van der Waals surface area contributed by atoms with Crippen LogP contribution in [0.25, 0.3) is 0 Å². The van der Waals surface area contributed by atoms with Gasteiger partial charge in [0.1, 0.15) is 0 Å². The minimum Gasteiger partial charge on any atom is -0.465 e. The first kappa shape index (κ1) is 17.5. The van der Waals surface area contributed by atoms with E-state index < -0.39 is 12.1 Å². The van der Waals surface area contributed by atoms with Crippen LogP contribution >= 0.6 is 0 Å². The van der Waals surface area contributed by atoms with Crippen molar-refractivity contribution in [3.05, 3.63) is 29.8 Å². The summed E-state index contributed by atoms with van der Waals surface area (Å²) in [5.41, 5.74) is 0.908. The Bertz CT molecular complexity index is 544. The topological polar surface area (TPSA) is 84.9 Å². The molecule has 1 N–H and O–H groups in total. The van der Waals surface area contributed by atoms with Crippen molar-refractivity contribution in [2.24, 2.45) is 0 Å². The maximum absolute atomic E-state index is 11.8. The van der Waals surface area contributed by atoms with Crippen molar-refractivity contribution in [2.75, 3.05) is 31.7 Å². The fourth-order valence-electron chi connectivity index (χ4n) is 1.84. The van der Waals surface area contributed by atoms with Crippen molar-refractivity contribution < 1.29 is 23.9 Å². The molecule has 0 fully saturated rings. The molecule has 0 aliphatic carbocycles. The average Bonchev–Trinajstić information content (AvgIpc) is 2.50. The van der Waals surface area contributed by atoms with Crippen molar-refractivity contribution in [3.8, 4) is 0 Å². The highest BCUT2D eigenvalue weighted by molar-refractivity contribution is 5.95. The van der Waals surface area contributed by atoms with Gasteiger partial charge in [-0.3, -0.25) is 4.79 Å². The second kappa shape index (κ2) is 8.66. The molecule has 7 heteroatoms. The molecule has 2 amide bonds. The number of hydrogen-bond donors (Lipinski definition) is 1. The maximum atomic E-state index is 11.8. The van der Waals surface area contributed by atoms with Gasteiger partial charge in [0.2, 0.25) is 5.91 Å². The van der Waals surface area contributed by atoms with Crippen LogP contribution in [0.5, 0.6) is 0 Å². The van der Waals surface area contributed by atoms with Crippen LogP contribution in [0.4, 0.5) is 10.5 Å². The predicted octanol–water partition coefficient (Wildman–Crippen LogP) is 1.57. The molecule has 0 aliphatic heterocycles. The monoisotopic (exact) mass is 308 g/mol. The van der Waals surface area contributed by atoms with Gasteiger partial charge in [0.15, 0.2) is 0 Å². The minimum atomic E-state index is -0.533. The lowest BCUT2D eigenvalue weighted by Crippen LogP contribution is -2.37. The Morgan fingerprint density at radius 2 is 2.00 bits per heavy atom. The van der Waals surface area contributed by atoms with Crippen molar-refractivity contribution in [2.45, 2.75) is 13.8 Å². The van der Waals surface area contributed by atoms with E-state index in [1.807, 2.05) is 0 Å². The minimum absolute atomic E-state index is 0.201. The highest BCUT2D eigenvalue weighted by Gasteiger charge is 2.14. The Hall–Kier alpha value is -2.57. The number of nitrogens with one attached hydrogen (secondary N) is 1. The van der Waals surface area contributed by atoms with E-state index in [1.165, 1.54) is 18.9 Å². The van der Waals surface area contributed by atoms with Crippen LogP contribution < -0.4 is 10.2 Å². The first-order chi connectivity index (χ1) is 10.5. The zero-order valence-corrected chi connectivity index (χ0v) is 12.9. The molecule has 1 rings (SSSR count). The van der Waals surface area contributed by atoms with Crippen LogP contribution in [-0.4, -0.2) is 44.8 Å². The molecule has 1 aromatic rings. The van der Waals surface area contributed by atoms with Gasteiger partial charge in [-0.25, -0.2) is 9.59 Å². The number of ether oxygens (including phenoxy) is 2. The lowest BCUT2D eigenvalue weighted by Gasteiger charge is -2.21. The van der Waals surface area contributed by atoms with E-state index in [2.05, 4.69) is 10.1 Å². The molecule has 7 nitrogen and oxygen atoms in total. The zero-order chi connectivity index (χ0) is 16.5. The van der Waals surface area contributed by atoms with Crippen LogP contribution in [0.1, 0.15) is 24.2 Å². The number of amides is 2. The lowest BCUT2D eigenvalue weighted by atomic mass is 10.2. The number of rotatable bonds is 6. The summed E-state index contributed by atoms with van der Waals surface area (Å²) < 4.78 is 9.40. The molecule has 0 heterocycles. The third kappa shape index (κ3) is 5.08. The Morgan fingerprint density at radius 1 is 1.27 bits per heavy atom. The van der Waals surface area contributed by atoms with E-state index >= 15 is 0 Å². The summed E-state index contributed by atoms with van der Waals surface area (Å²) in [5, 5.41) is 2.54. The Labute approximate surface area is 129 Å². The molecular weight excluding hydrogens is 288 g/mol.